The molecular weight excluding hydrogens is 249 g/mol. The number of halogens is 3. The molecule has 7 heteroatoms. The first-order valence-electron chi connectivity index (χ1n) is 5.95. The van der Waals surface area contributed by atoms with Gasteiger partial charge in [0, 0.05) is 6.04 Å². The summed E-state index contributed by atoms with van der Waals surface area (Å²) in [6.07, 6.45) is -0.999. The molecule has 1 aliphatic rings. The lowest BCUT2D eigenvalue weighted by molar-refractivity contribution is -0.173. The van der Waals surface area contributed by atoms with Gasteiger partial charge >= 0.3 is 12.1 Å². The summed E-state index contributed by atoms with van der Waals surface area (Å²) in [5, 5.41) is 4.21. The van der Waals surface area contributed by atoms with Crippen LogP contribution in [0.15, 0.2) is 0 Å². The first-order chi connectivity index (χ1) is 8.30. The van der Waals surface area contributed by atoms with Crippen LogP contribution in [0.25, 0.3) is 0 Å². The van der Waals surface area contributed by atoms with Crippen molar-refractivity contribution in [1.82, 2.24) is 10.6 Å². The van der Waals surface area contributed by atoms with Crippen LogP contribution >= 0.6 is 0 Å². The van der Waals surface area contributed by atoms with E-state index in [2.05, 4.69) is 5.32 Å². The quantitative estimate of drug-likeness (QED) is 0.810. The van der Waals surface area contributed by atoms with E-state index in [1.165, 1.54) is 0 Å². The fourth-order valence-corrected chi connectivity index (χ4v) is 2.05. The second-order valence-electron chi connectivity index (χ2n) is 4.62. The molecule has 0 aromatic heterocycles. The average Bonchev–Trinajstić information content (AvgIpc) is 2.27. The van der Waals surface area contributed by atoms with E-state index in [1.54, 1.807) is 5.32 Å². The average molecular weight is 266 g/mol. The number of carbonyl (C=O) groups is 2. The summed E-state index contributed by atoms with van der Waals surface area (Å²) >= 11 is 0. The molecule has 0 radical (unpaired) electrons. The summed E-state index contributed by atoms with van der Waals surface area (Å²) in [6, 6.07) is -0.00552. The Kier molecular flexibility index (Phi) is 4.98. The van der Waals surface area contributed by atoms with Gasteiger partial charge in [0.25, 0.3) is 0 Å². The van der Waals surface area contributed by atoms with Crippen LogP contribution in [0.5, 0.6) is 0 Å². The lowest BCUT2D eigenvalue weighted by Crippen LogP contribution is -2.47. The lowest BCUT2D eigenvalue weighted by atomic mass is 9.86. The van der Waals surface area contributed by atoms with Gasteiger partial charge in [-0.2, -0.15) is 13.2 Å². The molecule has 1 fully saturated rings. The van der Waals surface area contributed by atoms with Crippen LogP contribution < -0.4 is 10.6 Å². The van der Waals surface area contributed by atoms with Gasteiger partial charge in [-0.25, -0.2) is 0 Å². The zero-order valence-electron chi connectivity index (χ0n) is 10.1. The van der Waals surface area contributed by atoms with Crippen LogP contribution in [-0.4, -0.2) is 30.6 Å². The van der Waals surface area contributed by atoms with Gasteiger partial charge in [-0.1, -0.05) is 19.8 Å². The van der Waals surface area contributed by atoms with Crippen LogP contribution in [0.3, 0.4) is 0 Å². The summed E-state index contributed by atoms with van der Waals surface area (Å²) < 4.78 is 35.6. The maximum Gasteiger partial charge on any atom is 0.471 e. The highest BCUT2D eigenvalue weighted by molar-refractivity contribution is 5.87. The molecule has 4 nitrogen and oxygen atoms in total. The molecule has 1 rings (SSSR count). The highest BCUT2D eigenvalue weighted by atomic mass is 19.4. The summed E-state index contributed by atoms with van der Waals surface area (Å²) in [7, 11) is 0. The first kappa shape index (κ1) is 14.8. The van der Waals surface area contributed by atoms with Gasteiger partial charge in [0.05, 0.1) is 6.54 Å². The molecule has 0 spiro atoms. The van der Waals surface area contributed by atoms with E-state index in [9.17, 15) is 22.8 Å². The standard InChI is InChI=1S/C11H17F3N2O2/c1-7-4-2-3-5-8(7)16-9(17)6-15-10(18)11(12,13)14/h7-8H,2-6H2,1H3,(H,15,18)(H,16,17). The predicted molar refractivity (Wildman–Crippen MR) is 58.6 cm³/mol. The maximum atomic E-state index is 11.9. The van der Waals surface area contributed by atoms with Crippen molar-refractivity contribution in [2.75, 3.05) is 6.54 Å². The number of nitrogens with one attached hydrogen (secondary N) is 2. The van der Waals surface area contributed by atoms with Gasteiger partial charge in [-0.15, -0.1) is 0 Å². The van der Waals surface area contributed by atoms with Crippen LogP contribution in [0.2, 0.25) is 0 Å². The van der Waals surface area contributed by atoms with Gasteiger partial charge in [-0.05, 0) is 18.8 Å². The minimum Gasteiger partial charge on any atom is -0.352 e. The number of carbonyl (C=O) groups excluding carboxylic acids is 2. The molecule has 2 atom stereocenters. The van der Waals surface area contributed by atoms with E-state index in [0.29, 0.717) is 5.92 Å². The van der Waals surface area contributed by atoms with Crippen molar-refractivity contribution in [3.8, 4) is 0 Å². The Balaban J connectivity index is 2.31. The van der Waals surface area contributed by atoms with Crippen LogP contribution in [-0.2, 0) is 9.59 Å². The number of hydrogen-bond donors (Lipinski definition) is 2. The van der Waals surface area contributed by atoms with Gasteiger partial charge in [0.1, 0.15) is 0 Å². The number of alkyl halides is 3. The van der Waals surface area contributed by atoms with E-state index < -0.39 is 24.5 Å². The van der Waals surface area contributed by atoms with Crippen molar-refractivity contribution < 1.29 is 22.8 Å². The molecular formula is C11H17F3N2O2. The highest BCUT2D eigenvalue weighted by Crippen LogP contribution is 2.23. The predicted octanol–water partition coefficient (Wildman–Crippen LogP) is 1.36. The van der Waals surface area contributed by atoms with Crippen molar-refractivity contribution in [1.29, 1.82) is 0 Å². The van der Waals surface area contributed by atoms with E-state index in [0.717, 1.165) is 25.7 Å². The topological polar surface area (TPSA) is 58.2 Å². The molecule has 2 amide bonds. The number of hydrogen-bond acceptors (Lipinski definition) is 2. The minimum absolute atomic E-state index is 0.00552. The Hall–Kier alpha value is -1.27. The van der Waals surface area contributed by atoms with Gasteiger partial charge in [0.15, 0.2) is 0 Å². The largest absolute Gasteiger partial charge is 0.471 e. The molecule has 0 heterocycles. The molecule has 2 N–H and O–H groups in total. The lowest BCUT2D eigenvalue weighted by Gasteiger charge is -2.29. The fraction of sp³-hybridized carbons (Fsp3) is 0.818. The van der Waals surface area contributed by atoms with Crippen molar-refractivity contribution in [3.63, 3.8) is 0 Å². The second-order valence-corrected chi connectivity index (χ2v) is 4.62. The summed E-state index contributed by atoms with van der Waals surface area (Å²) in [4.78, 5) is 21.9. The van der Waals surface area contributed by atoms with E-state index >= 15 is 0 Å². The van der Waals surface area contributed by atoms with E-state index in [1.807, 2.05) is 6.92 Å². The van der Waals surface area contributed by atoms with Crippen molar-refractivity contribution in [2.24, 2.45) is 5.92 Å². The highest BCUT2D eigenvalue weighted by Gasteiger charge is 2.38. The molecule has 0 aliphatic heterocycles. The molecule has 104 valence electrons. The monoisotopic (exact) mass is 266 g/mol. The number of amides is 2. The third-order valence-corrected chi connectivity index (χ3v) is 3.12. The molecule has 1 saturated carbocycles. The summed E-state index contributed by atoms with van der Waals surface area (Å²) in [6.45, 7) is 1.36. The summed E-state index contributed by atoms with van der Waals surface area (Å²) in [5.41, 5.74) is 0. The smallest absolute Gasteiger partial charge is 0.352 e. The molecule has 0 bridgehead atoms. The normalized spacial score (nSPS) is 24.4. The minimum atomic E-state index is -4.95. The van der Waals surface area contributed by atoms with E-state index in [4.69, 9.17) is 0 Å². The SMILES string of the molecule is CC1CCCCC1NC(=O)CNC(=O)C(F)(F)F. The number of rotatable bonds is 3. The van der Waals surface area contributed by atoms with Crippen molar-refractivity contribution >= 4 is 11.8 Å². The van der Waals surface area contributed by atoms with Crippen molar-refractivity contribution in [3.05, 3.63) is 0 Å². The first-order valence-corrected chi connectivity index (χ1v) is 5.95. The van der Waals surface area contributed by atoms with E-state index in [-0.39, 0.29) is 6.04 Å². The van der Waals surface area contributed by atoms with Crippen LogP contribution in [0.4, 0.5) is 13.2 Å². The molecule has 0 aromatic rings. The maximum absolute atomic E-state index is 11.9. The molecule has 2 unspecified atom stereocenters. The third kappa shape index (κ3) is 4.54. The fourth-order valence-electron chi connectivity index (χ4n) is 2.05. The Bertz CT molecular complexity index is 318. The third-order valence-electron chi connectivity index (χ3n) is 3.12. The molecule has 0 aromatic carbocycles. The molecule has 1 aliphatic carbocycles. The zero-order valence-corrected chi connectivity index (χ0v) is 10.1. The molecule has 0 saturated heterocycles. The van der Waals surface area contributed by atoms with Gasteiger partial charge < -0.3 is 10.6 Å². The second kappa shape index (κ2) is 6.06. The van der Waals surface area contributed by atoms with Crippen molar-refractivity contribution in [2.45, 2.75) is 44.8 Å². The summed E-state index contributed by atoms with van der Waals surface area (Å²) in [5.74, 6) is -2.35. The van der Waals surface area contributed by atoms with Crippen LogP contribution in [0.1, 0.15) is 32.6 Å². The van der Waals surface area contributed by atoms with Gasteiger partial charge in [-0.3, -0.25) is 9.59 Å². The Labute approximate surface area is 103 Å². The Morgan fingerprint density at radius 2 is 1.83 bits per heavy atom. The zero-order chi connectivity index (χ0) is 13.8. The Morgan fingerprint density at radius 3 is 2.39 bits per heavy atom. The Morgan fingerprint density at radius 1 is 1.22 bits per heavy atom. The van der Waals surface area contributed by atoms with Gasteiger partial charge in [0.2, 0.25) is 5.91 Å². The van der Waals surface area contributed by atoms with Crippen LogP contribution in [0, 0.1) is 5.92 Å². The molecule has 18 heavy (non-hydrogen) atoms.